The van der Waals surface area contributed by atoms with Gasteiger partial charge in [-0.3, -0.25) is 0 Å². The fourth-order valence-corrected chi connectivity index (χ4v) is 6.27. The van der Waals surface area contributed by atoms with Crippen LogP contribution < -0.4 is 5.32 Å². The highest BCUT2D eigenvalue weighted by molar-refractivity contribution is 5.86. The number of nitrogens with zero attached hydrogens (tertiary/aromatic N) is 2. The minimum Gasteiger partial charge on any atom is -0.508 e. The molecule has 4 nitrogen and oxygen atoms in total. The molecule has 1 heterocycles. The lowest BCUT2D eigenvalue weighted by Gasteiger charge is -2.25. The van der Waals surface area contributed by atoms with Crippen molar-refractivity contribution < 1.29 is 5.11 Å². The monoisotopic (exact) mass is 455 g/mol. The second kappa shape index (κ2) is 10.7. The molecule has 2 fully saturated rings. The molecule has 2 aliphatic rings. The summed E-state index contributed by atoms with van der Waals surface area (Å²) in [6.45, 7) is 0.957. The predicted octanol–water partition coefficient (Wildman–Crippen LogP) is 7.17. The normalized spacial score (nSPS) is 18.7. The molecule has 34 heavy (non-hydrogen) atoms. The molecule has 4 heteroatoms. The molecule has 5 rings (SSSR count). The summed E-state index contributed by atoms with van der Waals surface area (Å²) < 4.78 is 2.50. The van der Waals surface area contributed by atoms with Crippen molar-refractivity contribution in [2.24, 2.45) is 0 Å². The molecule has 2 saturated carbocycles. The van der Waals surface area contributed by atoms with Crippen LogP contribution in [-0.2, 0) is 0 Å². The molecular formula is C30H37N3O. The predicted molar refractivity (Wildman–Crippen MR) is 138 cm³/mol. The van der Waals surface area contributed by atoms with Crippen LogP contribution in [0.2, 0.25) is 0 Å². The number of fused-ring (bicyclic) bond motifs is 1. The Labute approximate surface area is 203 Å². The van der Waals surface area contributed by atoms with Gasteiger partial charge < -0.3 is 15.0 Å². The molecule has 0 bridgehead atoms. The molecule has 2 N–H and O–H groups in total. The van der Waals surface area contributed by atoms with Crippen LogP contribution in [0.1, 0.15) is 99.3 Å². The number of phenols is 1. The largest absolute Gasteiger partial charge is 0.508 e. The number of benzene rings is 2. The molecule has 2 aromatic carbocycles. The Morgan fingerprint density at radius 3 is 2.47 bits per heavy atom. The summed E-state index contributed by atoms with van der Waals surface area (Å²) in [6.07, 6.45) is 16.3. The summed E-state index contributed by atoms with van der Waals surface area (Å²) in [7, 11) is 0. The van der Waals surface area contributed by atoms with Crippen LogP contribution in [0, 0.1) is 11.3 Å². The second-order valence-electron chi connectivity index (χ2n) is 10.4. The van der Waals surface area contributed by atoms with Crippen LogP contribution in [0.25, 0.3) is 10.9 Å². The summed E-state index contributed by atoms with van der Waals surface area (Å²) in [5.41, 5.74) is 4.39. The van der Waals surface area contributed by atoms with Crippen LogP contribution in [0.15, 0.2) is 48.7 Å². The van der Waals surface area contributed by atoms with Crippen LogP contribution >= 0.6 is 0 Å². The SMILES string of the molecule is N#Cc1ccc2c(c1)c(C(CCNC1CCCCC1)c1cccc(O)c1)cn2C1CCCCC1. The first kappa shape index (κ1) is 23.0. The molecular weight excluding hydrogens is 418 g/mol. The van der Waals surface area contributed by atoms with Gasteiger partial charge in [-0.1, -0.05) is 50.7 Å². The fourth-order valence-electron chi connectivity index (χ4n) is 6.27. The number of hydrogen-bond acceptors (Lipinski definition) is 3. The molecule has 0 spiro atoms. The third-order valence-corrected chi connectivity index (χ3v) is 8.08. The van der Waals surface area contributed by atoms with E-state index in [0.29, 0.717) is 23.4 Å². The first-order valence-electron chi connectivity index (χ1n) is 13.3. The van der Waals surface area contributed by atoms with Gasteiger partial charge in [0.25, 0.3) is 0 Å². The van der Waals surface area contributed by atoms with Crippen molar-refractivity contribution in [2.45, 2.75) is 88.6 Å². The maximum Gasteiger partial charge on any atom is 0.115 e. The summed E-state index contributed by atoms with van der Waals surface area (Å²) in [4.78, 5) is 0. The molecule has 1 aromatic heterocycles. The van der Waals surface area contributed by atoms with Gasteiger partial charge in [0.1, 0.15) is 5.75 Å². The van der Waals surface area contributed by atoms with Gasteiger partial charge in [0.2, 0.25) is 0 Å². The highest BCUT2D eigenvalue weighted by Crippen LogP contribution is 2.39. The number of nitriles is 1. The van der Waals surface area contributed by atoms with E-state index in [4.69, 9.17) is 0 Å². The first-order valence-corrected chi connectivity index (χ1v) is 13.3. The average Bonchev–Trinajstić information content (AvgIpc) is 3.26. The topological polar surface area (TPSA) is 61.0 Å². The van der Waals surface area contributed by atoms with E-state index in [1.54, 1.807) is 6.07 Å². The highest BCUT2D eigenvalue weighted by atomic mass is 16.3. The lowest BCUT2D eigenvalue weighted by Crippen LogP contribution is -2.32. The number of hydrogen-bond donors (Lipinski definition) is 2. The van der Waals surface area contributed by atoms with Crippen molar-refractivity contribution >= 4 is 10.9 Å². The molecule has 0 amide bonds. The fraction of sp³-hybridized carbons (Fsp3) is 0.500. The van der Waals surface area contributed by atoms with E-state index in [1.165, 1.54) is 80.7 Å². The lowest BCUT2D eigenvalue weighted by molar-refractivity contribution is 0.360. The van der Waals surface area contributed by atoms with Gasteiger partial charge in [-0.2, -0.15) is 5.26 Å². The van der Waals surface area contributed by atoms with Crippen molar-refractivity contribution in [2.75, 3.05) is 6.54 Å². The number of aromatic nitrogens is 1. The molecule has 1 atom stereocenters. The zero-order chi connectivity index (χ0) is 23.3. The first-order chi connectivity index (χ1) is 16.7. The van der Waals surface area contributed by atoms with Crippen molar-refractivity contribution in [3.8, 4) is 11.8 Å². The Hall–Kier alpha value is -2.77. The van der Waals surface area contributed by atoms with Crippen LogP contribution in [-0.4, -0.2) is 22.3 Å². The van der Waals surface area contributed by atoms with E-state index in [-0.39, 0.29) is 5.92 Å². The third kappa shape index (κ3) is 5.00. The van der Waals surface area contributed by atoms with Crippen LogP contribution in [0.3, 0.4) is 0 Å². The summed E-state index contributed by atoms with van der Waals surface area (Å²) in [5, 5.41) is 24.9. The van der Waals surface area contributed by atoms with E-state index < -0.39 is 0 Å². The van der Waals surface area contributed by atoms with Gasteiger partial charge in [-0.25, -0.2) is 0 Å². The molecule has 0 aliphatic heterocycles. The van der Waals surface area contributed by atoms with Crippen LogP contribution in [0.5, 0.6) is 5.75 Å². The van der Waals surface area contributed by atoms with E-state index in [0.717, 1.165) is 18.5 Å². The Morgan fingerprint density at radius 1 is 0.971 bits per heavy atom. The summed E-state index contributed by atoms with van der Waals surface area (Å²) in [5.74, 6) is 0.487. The maximum absolute atomic E-state index is 10.3. The number of aromatic hydroxyl groups is 1. The van der Waals surface area contributed by atoms with Gasteiger partial charge in [0, 0.05) is 35.1 Å². The number of nitrogens with one attached hydrogen (secondary N) is 1. The molecule has 3 aromatic rings. The van der Waals surface area contributed by atoms with Crippen molar-refractivity contribution in [3.05, 3.63) is 65.4 Å². The lowest BCUT2D eigenvalue weighted by atomic mass is 9.87. The Bertz CT molecular complexity index is 1150. The number of rotatable bonds is 7. The molecule has 0 radical (unpaired) electrons. The van der Waals surface area contributed by atoms with Crippen LogP contribution in [0.4, 0.5) is 0 Å². The summed E-state index contributed by atoms with van der Waals surface area (Å²) in [6, 6.07) is 17.5. The molecule has 1 unspecified atom stereocenters. The van der Waals surface area contributed by atoms with Gasteiger partial charge in [-0.15, -0.1) is 0 Å². The molecule has 2 aliphatic carbocycles. The smallest absolute Gasteiger partial charge is 0.115 e. The van der Waals surface area contributed by atoms with Gasteiger partial charge >= 0.3 is 0 Å². The number of phenolic OH excluding ortho intramolecular Hbond substituents is 1. The Balaban J connectivity index is 1.52. The van der Waals surface area contributed by atoms with Gasteiger partial charge in [-0.05, 0) is 80.1 Å². The zero-order valence-corrected chi connectivity index (χ0v) is 20.2. The maximum atomic E-state index is 10.3. The average molecular weight is 456 g/mol. The minimum absolute atomic E-state index is 0.171. The van der Waals surface area contributed by atoms with E-state index in [2.05, 4.69) is 40.3 Å². The van der Waals surface area contributed by atoms with Crippen molar-refractivity contribution in [1.29, 1.82) is 5.26 Å². The zero-order valence-electron chi connectivity index (χ0n) is 20.2. The molecule has 0 saturated heterocycles. The van der Waals surface area contributed by atoms with Crippen molar-refractivity contribution in [3.63, 3.8) is 0 Å². The van der Waals surface area contributed by atoms with Gasteiger partial charge in [0.15, 0.2) is 0 Å². The van der Waals surface area contributed by atoms with E-state index in [1.807, 2.05) is 18.2 Å². The van der Waals surface area contributed by atoms with Crippen molar-refractivity contribution in [1.82, 2.24) is 9.88 Å². The Morgan fingerprint density at radius 2 is 1.74 bits per heavy atom. The van der Waals surface area contributed by atoms with E-state index in [9.17, 15) is 10.4 Å². The van der Waals surface area contributed by atoms with E-state index >= 15 is 0 Å². The Kier molecular flexibility index (Phi) is 7.21. The quantitative estimate of drug-likeness (QED) is 0.397. The highest BCUT2D eigenvalue weighted by Gasteiger charge is 2.24. The summed E-state index contributed by atoms with van der Waals surface area (Å²) >= 11 is 0. The minimum atomic E-state index is 0.171. The third-order valence-electron chi connectivity index (χ3n) is 8.08. The standard InChI is InChI=1S/C30H37N3O/c31-20-22-14-15-30-28(18-22)29(21-33(30)25-11-5-2-6-12-25)27(23-8-7-13-26(34)19-23)16-17-32-24-9-3-1-4-10-24/h7-8,13-15,18-19,21,24-25,27,32,34H,1-6,9-12,16-17H2. The molecule has 178 valence electrons. The second-order valence-corrected chi connectivity index (χ2v) is 10.4. The van der Waals surface area contributed by atoms with Gasteiger partial charge in [0.05, 0.1) is 11.6 Å².